The molecule has 0 aromatic carbocycles. The first-order chi connectivity index (χ1) is 20.2. The van der Waals surface area contributed by atoms with E-state index in [1.54, 1.807) is 18.1 Å². The summed E-state index contributed by atoms with van der Waals surface area (Å²) in [5, 5.41) is 0. The van der Waals surface area contributed by atoms with Gasteiger partial charge in [-0.25, -0.2) is 0 Å². The molecular weight excluding hydrogens is 623 g/mol. The van der Waals surface area contributed by atoms with E-state index in [2.05, 4.69) is 67.0 Å². The average Bonchev–Trinajstić information content (AvgIpc) is 2.98. The van der Waals surface area contributed by atoms with Crippen molar-refractivity contribution in [3.8, 4) is 0 Å². The molecule has 0 amide bonds. The molecule has 0 aromatic rings. The lowest BCUT2D eigenvalue weighted by molar-refractivity contribution is 0.561. The van der Waals surface area contributed by atoms with Gasteiger partial charge in [0.05, 0.1) is 0 Å². The zero-order valence-electron chi connectivity index (χ0n) is 30.6. The maximum Gasteiger partial charge on any atom is 0.130 e. The highest BCUT2D eigenvalue weighted by Crippen LogP contribution is 2.37. The third-order valence-corrected chi connectivity index (χ3v) is 27.3. The van der Waals surface area contributed by atoms with Crippen LogP contribution in [0.4, 0.5) is 0 Å². The molecule has 1 atom stereocenters. The van der Waals surface area contributed by atoms with Crippen molar-refractivity contribution in [2.45, 2.75) is 231 Å². The highest BCUT2D eigenvalue weighted by atomic mass is 79.9. The molecule has 0 aromatic heterocycles. The zero-order valence-corrected chi connectivity index (χ0v) is 35.4. The van der Waals surface area contributed by atoms with Gasteiger partial charge in [-0.2, -0.15) is 0 Å². The molecule has 0 spiro atoms. The van der Waals surface area contributed by atoms with E-state index >= 15 is 0 Å². The Balaban J connectivity index is 0.000000813. The maximum atomic E-state index is 4.15. The summed E-state index contributed by atoms with van der Waals surface area (Å²) >= 11 is 4.15. The molecule has 1 heterocycles. The molecule has 0 bridgehead atoms. The first-order valence-electron chi connectivity index (χ1n) is 19.6. The molecule has 254 valence electrons. The van der Waals surface area contributed by atoms with Gasteiger partial charge in [0.1, 0.15) is 23.9 Å². The molecule has 0 aliphatic carbocycles. The fourth-order valence-electron chi connectivity index (χ4n) is 6.89. The number of hydrogen-bond acceptors (Lipinski definition) is 1. The van der Waals surface area contributed by atoms with E-state index in [0.717, 1.165) is 0 Å². The number of hydrogen-bond donors (Lipinski definition) is 0. The second kappa shape index (κ2) is 29.5. The van der Waals surface area contributed by atoms with Crippen molar-refractivity contribution in [1.29, 1.82) is 0 Å². The highest BCUT2D eigenvalue weighted by molar-refractivity contribution is 9.26. The molecule has 0 N–H and O–H groups in total. The normalized spacial score (nSPS) is 15.9. The molecule has 0 radical (unpaired) electrons. The smallest absolute Gasteiger partial charge is 0.130 e. The van der Waals surface area contributed by atoms with Crippen LogP contribution in [0.3, 0.4) is 0 Å². The summed E-state index contributed by atoms with van der Waals surface area (Å²) in [7, 11) is 0.690. The van der Waals surface area contributed by atoms with Crippen molar-refractivity contribution in [1.82, 2.24) is 4.23 Å². The number of nitrogens with zero attached hydrogens (tertiary/aromatic N) is 1. The molecule has 1 unspecified atom stereocenters. The van der Waals surface area contributed by atoms with Gasteiger partial charge in [-0.15, -0.1) is 15.3 Å². The van der Waals surface area contributed by atoms with Crippen LogP contribution in [-0.4, -0.2) is 35.2 Å². The second-order valence-corrected chi connectivity index (χ2v) is 32.2. The van der Waals surface area contributed by atoms with Crippen LogP contribution >= 0.6 is 15.3 Å². The lowest BCUT2D eigenvalue weighted by atomic mass is 10.1. The third-order valence-electron chi connectivity index (χ3n) is 10.5. The van der Waals surface area contributed by atoms with Gasteiger partial charge in [-0.1, -0.05) is 201 Å². The fraction of sp³-hybridized carbons (Fsp3) is 1.00. The highest BCUT2D eigenvalue weighted by Gasteiger charge is 2.31. The third kappa shape index (κ3) is 25.3. The van der Waals surface area contributed by atoms with Crippen LogP contribution in [0.2, 0.25) is 49.9 Å². The van der Waals surface area contributed by atoms with Gasteiger partial charge in [0.25, 0.3) is 0 Å². The molecule has 1 aliphatic rings. The molecule has 1 saturated heterocycles. The van der Waals surface area contributed by atoms with Crippen LogP contribution in [0.15, 0.2) is 0 Å². The van der Waals surface area contributed by atoms with Crippen LogP contribution in [-0.2, 0) is 0 Å². The maximum absolute atomic E-state index is 4.15. The number of halogens is 1. The molecule has 1 rings (SSSR count). The predicted octanol–water partition coefficient (Wildman–Crippen LogP) is 14.6. The van der Waals surface area contributed by atoms with Gasteiger partial charge in [-0.3, -0.25) is 0 Å². The summed E-state index contributed by atoms with van der Waals surface area (Å²) in [4.78, 5) is 0. The molecule has 5 heteroatoms. The van der Waals surface area contributed by atoms with E-state index in [1.807, 2.05) is 0 Å². The Hall–Kier alpha value is 1.09. The van der Waals surface area contributed by atoms with Crippen LogP contribution in [0.1, 0.15) is 181 Å². The summed E-state index contributed by atoms with van der Waals surface area (Å²) < 4.78 is 2.92. The van der Waals surface area contributed by atoms with Gasteiger partial charge in [0.2, 0.25) is 0 Å². The summed E-state index contributed by atoms with van der Waals surface area (Å²) in [6, 6.07) is 7.73. The topological polar surface area (TPSA) is 3.24 Å². The Morgan fingerprint density at radius 2 is 0.952 bits per heavy atom. The van der Waals surface area contributed by atoms with Crippen molar-refractivity contribution < 1.29 is 0 Å². The Kier molecular flexibility index (Phi) is 30.3. The second-order valence-electron chi connectivity index (χ2n) is 15.0. The lowest BCUT2D eigenvalue weighted by Gasteiger charge is -2.38. The van der Waals surface area contributed by atoms with Crippen LogP contribution in [0, 0.1) is 0 Å². The Morgan fingerprint density at radius 3 is 1.40 bits per heavy atom. The zero-order chi connectivity index (χ0) is 31.4. The minimum atomic E-state index is -1.12. The monoisotopic (exact) mass is 703 g/mol. The van der Waals surface area contributed by atoms with E-state index in [4.69, 9.17) is 0 Å². The fourth-order valence-corrected chi connectivity index (χ4v) is 21.1. The van der Waals surface area contributed by atoms with Crippen molar-refractivity contribution >= 4 is 39.2 Å². The van der Waals surface area contributed by atoms with Crippen molar-refractivity contribution in [2.75, 3.05) is 7.05 Å². The SMILES string of the molecule is CCCCCCCCCCCC[Si]1(Br)CCCCC1.CCCCCCCC[SiH](C)N(C)[Si](C)(C)CCCCCCCC. The van der Waals surface area contributed by atoms with Crippen molar-refractivity contribution in [3.05, 3.63) is 0 Å². The van der Waals surface area contributed by atoms with E-state index < -0.39 is 23.9 Å². The lowest BCUT2D eigenvalue weighted by Crippen LogP contribution is -2.52. The Morgan fingerprint density at radius 1 is 0.571 bits per heavy atom. The van der Waals surface area contributed by atoms with E-state index in [-0.39, 0.29) is 0 Å². The molecule has 1 aliphatic heterocycles. The standard InChI is InChI=1S/C20H47NSi2.C17H35BrSi/c1-7-9-11-13-15-17-19-22(4)21(3)23(5,6)20-18-16-14-12-10-8-2;1-2-3-4-5-6-7-8-9-10-12-15-19(18)16-13-11-14-17-19/h22H,7-20H2,1-6H3;2-17H2,1H3. The summed E-state index contributed by atoms with van der Waals surface area (Å²) in [5.74, 6) is 0. The van der Waals surface area contributed by atoms with Crippen molar-refractivity contribution in [2.24, 2.45) is 0 Å². The average molecular weight is 705 g/mol. The van der Waals surface area contributed by atoms with E-state index in [9.17, 15) is 0 Å². The van der Waals surface area contributed by atoms with Crippen LogP contribution in [0.25, 0.3) is 0 Å². The molecule has 1 fully saturated rings. The molecule has 42 heavy (non-hydrogen) atoms. The van der Waals surface area contributed by atoms with Gasteiger partial charge >= 0.3 is 0 Å². The Bertz CT molecular complexity index is 553. The predicted molar refractivity (Wildman–Crippen MR) is 209 cm³/mol. The Labute approximate surface area is 280 Å². The summed E-state index contributed by atoms with van der Waals surface area (Å²) in [6.07, 6.45) is 36.6. The van der Waals surface area contributed by atoms with Gasteiger partial charge in [-0.05, 0) is 37.3 Å². The molecular formula is C37H82BrNSi3. The number of unbranched alkanes of at least 4 members (excludes halogenated alkanes) is 19. The number of rotatable bonds is 27. The summed E-state index contributed by atoms with van der Waals surface area (Å²) in [6.45, 7) is 13.8. The molecule has 1 nitrogen and oxygen atoms in total. The van der Waals surface area contributed by atoms with Crippen LogP contribution in [0.5, 0.6) is 0 Å². The largest absolute Gasteiger partial charge is 0.351 e. The van der Waals surface area contributed by atoms with E-state index in [1.165, 1.54) is 173 Å². The minimum Gasteiger partial charge on any atom is -0.351 e. The quantitative estimate of drug-likeness (QED) is 0.0467. The van der Waals surface area contributed by atoms with Gasteiger partial charge in [0, 0.05) is 0 Å². The first-order valence-corrected chi connectivity index (χ1v) is 30.2. The van der Waals surface area contributed by atoms with Gasteiger partial charge in [0.15, 0.2) is 0 Å². The molecule has 0 saturated carbocycles. The first kappa shape index (κ1) is 43.1. The van der Waals surface area contributed by atoms with Crippen LogP contribution < -0.4 is 0 Å². The van der Waals surface area contributed by atoms with Gasteiger partial charge < -0.3 is 4.23 Å². The van der Waals surface area contributed by atoms with Crippen molar-refractivity contribution in [3.63, 3.8) is 0 Å². The van der Waals surface area contributed by atoms with E-state index in [0.29, 0.717) is 0 Å². The minimum absolute atomic E-state index is 0.655. The summed E-state index contributed by atoms with van der Waals surface area (Å²) in [5.41, 5.74) is 0.